The molecule has 0 bridgehead atoms. The van der Waals surface area contributed by atoms with Gasteiger partial charge in [-0.25, -0.2) is 0 Å². The van der Waals surface area contributed by atoms with Crippen molar-refractivity contribution in [1.29, 1.82) is 0 Å². The highest BCUT2D eigenvalue weighted by atomic mass is 16.5. The van der Waals surface area contributed by atoms with Crippen LogP contribution in [0.4, 0.5) is 11.4 Å². The van der Waals surface area contributed by atoms with Crippen molar-refractivity contribution in [1.82, 2.24) is 0 Å². The second-order valence-electron chi connectivity index (χ2n) is 6.04. The number of rotatable bonds is 6. The average molecular weight is 338 g/mol. The van der Waals surface area contributed by atoms with Crippen molar-refractivity contribution in [3.63, 3.8) is 0 Å². The average Bonchev–Trinajstić information content (AvgIpc) is 2.64. The third-order valence-electron chi connectivity index (χ3n) is 4.18. The highest BCUT2D eigenvalue weighted by molar-refractivity contribution is 6.05. The van der Waals surface area contributed by atoms with Gasteiger partial charge in [0.15, 0.2) is 6.61 Å². The summed E-state index contributed by atoms with van der Waals surface area (Å²) in [6, 6.07) is 14.4. The number of fused-ring (bicyclic) bond motifs is 1. The third-order valence-corrected chi connectivity index (χ3v) is 4.18. The van der Waals surface area contributed by atoms with Crippen LogP contribution in [0.15, 0.2) is 48.5 Å². The lowest BCUT2D eigenvalue weighted by atomic mass is 10.1. The van der Waals surface area contributed by atoms with E-state index in [1.54, 1.807) is 35.2 Å². The summed E-state index contributed by atoms with van der Waals surface area (Å²) < 4.78 is 5.51. The number of ether oxygens (including phenoxy) is 1. The Hall–Kier alpha value is -2.82. The molecule has 0 saturated heterocycles. The first kappa shape index (κ1) is 17.0. The fourth-order valence-corrected chi connectivity index (χ4v) is 2.84. The van der Waals surface area contributed by atoms with E-state index in [9.17, 15) is 9.59 Å². The Balaban J connectivity index is 1.79. The minimum Gasteiger partial charge on any atom is -0.482 e. The minimum atomic E-state index is -0.180. The maximum Gasteiger partial charge on any atom is 0.265 e. The van der Waals surface area contributed by atoms with Crippen molar-refractivity contribution in [3.05, 3.63) is 54.1 Å². The fourth-order valence-electron chi connectivity index (χ4n) is 2.84. The number of nitrogens with one attached hydrogen (secondary N) is 1. The predicted molar refractivity (Wildman–Crippen MR) is 98.2 cm³/mol. The molecule has 25 heavy (non-hydrogen) atoms. The smallest absolute Gasteiger partial charge is 0.265 e. The number of carbonyl (C=O) groups excluding carboxylic acids is 2. The first-order valence-electron chi connectivity index (χ1n) is 8.62. The van der Waals surface area contributed by atoms with Crippen LogP contribution < -0.4 is 15.0 Å². The van der Waals surface area contributed by atoms with Gasteiger partial charge in [0.25, 0.3) is 11.8 Å². The van der Waals surface area contributed by atoms with E-state index in [2.05, 4.69) is 12.2 Å². The molecule has 1 N–H and O–H groups in total. The first-order chi connectivity index (χ1) is 12.2. The molecule has 0 aromatic heterocycles. The maximum atomic E-state index is 12.3. The van der Waals surface area contributed by atoms with E-state index >= 15 is 0 Å². The van der Waals surface area contributed by atoms with Gasteiger partial charge in [-0.3, -0.25) is 9.59 Å². The van der Waals surface area contributed by atoms with Crippen molar-refractivity contribution >= 4 is 23.2 Å². The molecule has 2 amide bonds. The Morgan fingerprint density at radius 3 is 2.72 bits per heavy atom. The molecule has 1 heterocycles. The van der Waals surface area contributed by atoms with Gasteiger partial charge < -0.3 is 15.0 Å². The van der Waals surface area contributed by atoms with Crippen LogP contribution in [0.25, 0.3) is 0 Å². The van der Waals surface area contributed by atoms with E-state index in [0.29, 0.717) is 23.5 Å². The summed E-state index contributed by atoms with van der Waals surface area (Å²) >= 11 is 0. The van der Waals surface area contributed by atoms with Crippen LogP contribution in [0.5, 0.6) is 5.75 Å². The van der Waals surface area contributed by atoms with Crippen LogP contribution in [-0.2, 0) is 4.79 Å². The molecule has 0 aliphatic carbocycles. The van der Waals surface area contributed by atoms with Crippen molar-refractivity contribution < 1.29 is 14.3 Å². The van der Waals surface area contributed by atoms with Crippen LogP contribution >= 0.6 is 0 Å². The van der Waals surface area contributed by atoms with E-state index in [0.717, 1.165) is 24.9 Å². The molecular formula is C20H22N2O3. The molecule has 0 unspecified atom stereocenters. The maximum absolute atomic E-state index is 12.3. The van der Waals surface area contributed by atoms with Gasteiger partial charge in [0.05, 0.1) is 5.69 Å². The van der Waals surface area contributed by atoms with E-state index in [1.165, 1.54) is 0 Å². The lowest BCUT2D eigenvalue weighted by molar-refractivity contribution is -0.121. The van der Waals surface area contributed by atoms with Gasteiger partial charge in [-0.15, -0.1) is 0 Å². The zero-order valence-electron chi connectivity index (χ0n) is 14.3. The summed E-state index contributed by atoms with van der Waals surface area (Å²) in [6.07, 6.45) is 3.12. The minimum absolute atomic E-state index is 0.0462. The number of benzene rings is 2. The van der Waals surface area contributed by atoms with Crippen molar-refractivity contribution in [2.24, 2.45) is 0 Å². The summed E-state index contributed by atoms with van der Waals surface area (Å²) in [6.45, 7) is 2.86. The topological polar surface area (TPSA) is 58.6 Å². The monoisotopic (exact) mass is 338 g/mol. The number of hydrogen-bond donors (Lipinski definition) is 1. The summed E-state index contributed by atoms with van der Waals surface area (Å²) in [7, 11) is 0. The largest absolute Gasteiger partial charge is 0.482 e. The Labute approximate surface area is 147 Å². The second-order valence-corrected chi connectivity index (χ2v) is 6.04. The fraction of sp³-hybridized carbons (Fsp3) is 0.300. The summed E-state index contributed by atoms with van der Waals surface area (Å²) in [5.41, 5.74) is 1.96. The van der Waals surface area contributed by atoms with Gasteiger partial charge in [-0.2, -0.15) is 0 Å². The number of amides is 2. The number of hydrogen-bond acceptors (Lipinski definition) is 3. The highest BCUT2D eigenvalue weighted by Gasteiger charge is 2.25. The molecule has 0 saturated carbocycles. The lowest BCUT2D eigenvalue weighted by Crippen LogP contribution is -2.39. The molecule has 0 spiro atoms. The molecule has 2 aromatic rings. The van der Waals surface area contributed by atoms with E-state index in [1.807, 2.05) is 18.2 Å². The van der Waals surface area contributed by atoms with Crippen molar-refractivity contribution in [2.45, 2.75) is 26.2 Å². The van der Waals surface area contributed by atoms with Gasteiger partial charge in [-0.1, -0.05) is 38.0 Å². The standard InChI is InChI=1S/C20H22N2O3/c1-2-3-7-12-22-17-13-16(10-11-18(17)25-14-19(22)23)21-20(24)15-8-5-4-6-9-15/h4-6,8-11,13H,2-3,7,12,14H2,1H3,(H,21,24). The molecule has 5 nitrogen and oxygen atoms in total. The quantitative estimate of drug-likeness (QED) is 0.814. The molecule has 2 aromatic carbocycles. The third kappa shape index (κ3) is 3.99. The molecule has 3 rings (SSSR count). The second kappa shape index (κ2) is 7.83. The van der Waals surface area contributed by atoms with Crippen LogP contribution in [0.1, 0.15) is 36.5 Å². The van der Waals surface area contributed by atoms with Crippen LogP contribution in [0.2, 0.25) is 0 Å². The van der Waals surface area contributed by atoms with Crippen molar-refractivity contribution in [2.75, 3.05) is 23.4 Å². The highest BCUT2D eigenvalue weighted by Crippen LogP contribution is 2.35. The normalized spacial score (nSPS) is 13.2. The van der Waals surface area contributed by atoms with E-state index in [4.69, 9.17) is 4.74 Å². The van der Waals surface area contributed by atoms with Gasteiger partial charge in [0, 0.05) is 17.8 Å². The number of anilines is 2. The van der Waals surface area contributed by atoms with E-state index in [-0.39, 0.29) is 18.4 Å². The molecule has 0 fully saturated rings. The zero-order valence-corrected chi connectivity index (χ0v) is 14.3. The summed E-state index contributed by atoms with van der Waals surface area (Å²) in [4.78, 5) is 26.3. The Morgan fingerprint density at radius 1 is 1.16 bits per heavy atom. The Bertz CT molecular complexity index is 759. The van der Waals surface area contributed by atoms with Crippen LogP contribution in [-0.4, -0.2) is 25.0 Å². The molecule has 0 atom stereocenters. The summed E-state index contributed by atoms with van der Waals surface area (Å²) in [5.74, 6) is 0.449. The van der Waals surface area contributed by atoms with Gasteiger partial charge in [-0.05, 0) is 36.8 Å². The predicted octanol–water partition coefficient (Wildman–Crippen LogP) is 3.85. The van der Waals surface area contributed by atoms with E-state index < -0.39 is 0 Å². The lowest BCUT2D eigenvalue weighted by Gasteiger charge is -2.29. The number of unbranched alkanes of at least 4 members (excludes halogenated alkanes) is 2. The van der Waals surface area contributed by atoms with Gasteiger partial charge in [0.2, 0.25) is 0 Å². The molecule has 1 aliphatic heterocycles. The summed E-state index contributed by atoms with van der Waals surface area (Å²) in [5, 5.41) is 2.88. The molecule has 5 heteroatoms. The van der Waals surface area contributed by atoms with Crippen molar-refractivity contribution in [3.8, 4) is 5.75 Å². The Morgan fingerprint density at radius 2 is 1.96 bits per heavy atom. The number of carbonyl (C=O) groups is 2. The molecular weight excluding hydrogens is 316 g/mol. The molecule has 1 aliphatic rings. The Kier molecular flexibility index (Phi) is 5.33. The van der Waals surface area contributed by atoms with Crippen LogP contribution in [0.3, 0.4) is 0 Å². The van der Waals surface area contributed by atoms with Crippen LogP contribution in [0, 0.1) is 0 Å². The first-order valence-corrected chi connectivity index (χ1v) is 8.62. The SMILES string of the molecule is CCCCCN1C(=O)COc2ccc(NC(=O)c3ccccc3)cc21. The molecule has 130 valence electrons. The zero-order chi connectivity index (χ0) is 17.6. The van der Waals surface area contributed by atoms with Gasteiger partial charge >= 0.3 is 0 Å². The molecule has 0 radical (unpaired) electrons. The van der Waals surface area contributed by atoms with Gasteiger partial charge in [0.1, 0.15) is 5.75 Å². The number of nitrogens with zero attached hydrogens (tertiary/aromatic N) is 1.